The van der Waals surface area contributed by atoms with Gasteiger partial charge in [-0.2, -0.15) is 0 Å². The Kier molecular flexibility index (Phi) is 3.81. The zero-order valence-corrected chi connectivity index (χ0v) is 7.47. The van der Waals surface area contributed by atoms with Gasteiger partial charge in [0.05, 0.1) is 19.6 Å². The van der Waals surface area contributed by atoms with Gasteiger partial charge in [-0.05, 0) is 0 Å². The zero-order valence-electron chi connectivity index (χ0n) is 7.47. The highest BCUT2D eigenvalue weighted by Gasteiger charge is 2.30. The number of aliphatic hydroxyl groups is 2. The van der Waals surface area contributed by atoms with Crippen LogP contribution in [0.15, 0.2) is 0 Å². The molecule has 1 unspecified atom stereocenters. The molecule has 7 heteroatoms. The maximum atomic E-state index is 11.1. The fourth-order valence-electron chi connectivity index (χ4n) is 1.03. The minimum absolute atomic E-state index is 0.0739. The number of rotatable bonds is 4. The van der Waals surface area contributed by atoms with Crippen LogP contribution in [-0.4, -0.2) is 53.2 Å². The number of hydrogen-bond donors (Lipinski definition) is 3. The topological polar surface area (TPSA) is 99.1 Å². The molecule has 3 amide bonds. The lowest BCUT2D eigenvalue weighted by Crippen LogP contribution is -2.55. The molecule has 0 radical (unpaired) electrons. The molecule has 1 saturated heterocycles. The standard InChI is InChI=1S/C7H12N2O5/c10-1-2-14-4-9-6(12)3-5(11)8-7(9)13/h6,10,12H,1-4H2,(H,8,11,13). The lowest BCUT2D eigenvalue weighted by atomic mass is 10.3. The number of hydrogen-bond acceptors (Lipinski definition) is 5. The third-order valence-electron chi connectivity index (χ3n) is 1.70. The van der Waals surface area contributed by atoms with Crippen LogP contribution in [0.5, 0.6) is 0 Å². The van der Waals surface area contributed by atoms with E-state index < -0.39 is 18.2 Å². The average Bonchev–Trinajstić information content (AvgIpc) is 2.09. The first-order valence-electron chi connectivity index (χ1n) is 4.12. The smallest absolute Gasteiger partial charge is 0.327 e. The summed E-state index contributed by atoms with van der Waals surface area (Å²) in [6.45, 7) is -0.240. The van der Waals surface area contributed by atoms with Crippen LogP contribution in [0.1, 0.15) is 6.42 Å². The van der Waals surface area contributed by atoms with Gasteiger partial charge in [-0.1, -0.05) is 0 Å². The van der Waals surface area contributed by atoms with Crippen molar-refractivity contribution < 1.29 is 24.5 Å². The second-order valence-electron chi connectivity index (χ2n) is 2.77. The molecular weight excluding hydrogens is 192 g/mol. The van der Waals surface area contributed by atoms with Gasteiger partial charge in [0.1, 0.15) is 13.0 Å². The van der Waals surface area contributed by atoms with Gasteiger partial charge in [0.25, 0.3) is 0 Å². The molecule has 1 rings (SSSR count). The molecule has 3 N–H and O–H groups in total. The Labute approximate surface area is 80.3 Å². The van der Waals surface area contributed by atoms with Crippen molar-refractivity contribution in [3.05, 3.63) is 0 Å². The molecule has 0 aromatic rings. The van der Waals surface area contributed by atoms with Crippen molar-refractivity contribution in [1.29, 1.82) is 0 Å². The van der Waals surface area contributed by atoms with E-state index in [0.29, 0.717) is 0 Å². The summed E-state index contributed by atoms with van der Waals surface area (Å²) in [7, 11) is 0. The molecule has 1 aliphatic heterocycles. The molecule has 7 nitrogen and oxygen atoms in total. The van der Waals surface area contributed by atoms with Gasteiger partial charge < -0.3 is 14.9 Å². The van der Waals surface area contributed by atoms with Crippen LogP contribution >= 0.6 is 0 Å². The number of imide groups is 1. The van der Waals surface area contributed by atoms with E-state index >= 15 is 0 Å². The number of amides is 3. The predicted octanol–water partition coefficient (Wildman–Crippen LogP) is -1.79. The van der Waals surface area contributed by atoms with E-state index in [1.807, 2.05) is 5.32 Å². The van der Waals surface area contributed by atoms with E-state index in [1.165, 1.54) is 0 Å². The maximum Gasteiger partial charge on any atom is 0.327 e. The maximum absolute atomic E-state index is 11.1. The second-order valence-corrected chi connectivity index (χ2v) is 2.77. The first-order chi connectivity index (χ1) is 6.65. The van der Waals surface area contributed by atoms with E-state index in [2.05, 4.69) is 0 Å². The van der Waals surface area contributed by atoms with Gasteiger partial charge in [0, 0.05) is 0 Å². The monoisotopic (exact) mass is 204 g/mol. The molecule has 80 valence electrons. The van der Waals surface area contributed by atoms with Gasteiger partial charge in [-0.15, -0.1) is 0 Å². The fraction of sp³-hybridized carbons (Fsp3) is 0.714. The largest absolute Gasteiger partial charge is 0.394 e. The van der Waals surface area contributed by atoms with Crippen LogP contribution in [0.3, 0.4) is 0 Å². The number of aliphatic hydroxyl groups excluding tert-OH is 2. The Hall–Kier alpha value is -1.18. The average molecular weight is 204 g/mol. The highest BCUT2D eigenvalue weighted by molar-refractivity contribution is 5.96. The highest BCUT2D eigenvalue weighted by atomic mass is 16.5. The van der Waals surface area contributed by atoms with Crippen LogP contribution in [-0.2, 0) is 9.53 Å². The summed E-state index contributed by atoms with van der Waals surface area (Å²) >= 11 is 0. The highest BCUT2D eigenvalue weighted by Crippen LogP contribution is 2.07. The number of urea groups is 1. The van der Waals surface area contributed by atoms with Crippen molar-refractivity contribution in [2.45, 2.75) is 12.6 Å². The number of nitrogens with one attached hydrogen (secondary N) is 1. The van der Waals surface area contributed by atoms with E-state index in [4.69, 9.17) is 9.84 Å². The van der Waals surface area contributed by atoms with E-state index in [0.717, 1.165) is 4.90 Å². The minimum atomic E-state index is -1.16. The lowest BCUT2D eigenvalue weighted by molar-refractivity contribution is -0.131. The SMILES string of the molecule is O=C1CC(O)N(COCCO)C(=O)N1. The Morgan fingerprint density at radius 3 is 2.86 bits per heavy atom. The van der Waals surface area contributed by atoms with Gasteiger partial charge >= 0.3 is 6.03 Å². The third-order valence-corrected chi connectivity index (χ3v) is 1.70. The minimum Gasteiger partial charge on any atom is -0.394 e. The van der Waals surface area contributed by atoms with Crippen LogP contribution in [0.25, 0.3) is 0 Å². The molecular formula is C7H12N2O5. The lowest BCUT2D eigenvalue weighted by Gasteiger charge is -2.30. The molecule has 1 aliphatic rings. The molecule has 1 heterocycles. The molecule has 14 heavy (non-hydrogen) atoms. The van der Waals surface area contributed by atoms with Gasteiger partial charge in [0.2, 0.25) is 5.91 Å². The normalized spacial score (nSPS) is 22.4. The molecule has 0 aliphatic carbocycles. The first-order valence-corrected chi connectivity index (χ1v) is 4.12. The Morgan fingerprint density at radius 2 is 2.29 bits per heavy atom. The van der Waals surface area contributed by atoms with Gasteiger partial charge in [0.15, 0.2) is 0 Å². The van der Waals surface area contributed by atoms with Gasteiger partial charge in [-0.3, -0.25) is 15.0 Å². The Bertz CT molecular complexity index is 232. The molecule has 0 bridgehead atoms. The Morgan fingerprint density at radius 1 is 1.57 bits per heavy atom. The summed E-state index contributed by atoms with van der Waals surface area (Å²) in [5, 5.41) is 19.8. The molecule has 0 spiro atoms. The predicted molar refractivity (Wildman–Crippen MR) is 43.9 cm³/mol. The summed E-state index contributed by atoms with van der Waals surface area (Å²) in [4.78, 5) is 22.8. The molecule has 1 atom stereocenters. The van der Waals surface area contributed by atoms with E-state index in [-0.39, 0.29) is 26.4 Å². The molecule has 0 saturated carbocycles. The number of carbonyl (C=O) groups is 2. The number of carbonyl (C=O) groups excluding carboxylic acids is 2. The van der Waals surface area contributed by atoms with Crippen molar-refractivity contribution in [1.82, 2.24) is 10.2 Å². The Balaban J connectivity index is 2.42. The summed E-state index contributed by atoms with van der Waals surface area (Å²) in [6.07, 6.45) is -1.32. The summed E-state index contributed by atoms with van der Waals surface area (Å²) < 4.78 is 4.84. The van der Waals surface area contributed by atoms with Crippen molar-refractivity contribution in [2.24, 2.45) is 0 Å². The second kappa shape index (κ2) is 4.89. The van der Waals surface area contributed by atoms with Crippen molar-refractivity contribution in [3.63, 3.8) is 0 Å². The molecule has 1 fully saturated rings. The number of ether oxygens (including phenoxy) is 1. The number of nitrogens with zero attached hydrogens (tertiary/aromatic N) is 1. The fourth-order valence-corrected chi connectivity index (χ4v) is 1.03. The van der Waals surface area contributed by atoms with Crippen molar-refractivity contribution >= 4 is 11.9 Å². The van der Waals surface area contributed by atoms with Crippen LogP contribution in [0, 0.1) is 0 Å². The third kappa shape index (κ3) is 2.66. The first kappa shape index (κ1) is 10.9. The summed E-state index contributed by atoms with van der Waals surface area (Å²) in [5.74, 6) is -0.513. The van der Waals surface area contributed by atoms with Crippen molar-refractivity contribution in [3.8, 4) is 0 Å². The summed E-state index contributed by atoms with van der Waals surface area (Å²) in [6, 6.07) is -0.688. The van der Waals surface area contributed by atoms with E-state index in [9.17, 15) is 14.7 Å². The molecule has 0 aromatic carbocycles. The van der Waals surface area contributed by atoms with Crippen LogP contribution in [0.4, 0.5) is 4.79 Å². The van der Waals surface area contributed by atoms with Crippen molar-refractivity contribution in [2.75, 3.05) is 19.9 Å². The quantitative estimate of drug-likeness (QED) is 0.470. The van der Waals surface area contributed by atoms with Gasteiger partial charge in [-0.25, -0.2) is 4.79 Å². The van der Waals surface area contributed by atoms with Crippen LogP contribution in [0.2, 0.25) is 0 Å². The van der Waals surface area contributed by atoms with Crippen LogP contribution < -0.4 is 5.32 Å². The van der Waals surface area contributed by atoms with E-state index in [1.54, 1.807) is 0 Å². The summed E-state index contributed by atoms with van der Waals surface area (Å²) in [5.41, 5.74) is 0. The molecule has 0 aromatic heterocycles. The zero-order chi connectivity index (χ0) is 10.6.